The quantitative estimate of drug-likeness (QED) is 0.306. The summed E-state index contributed by atoms with van der Waals surface area (Å²) in [6.45, 7) is 2.82. The summed E-state index contributed by atoms with van der Waals surface area (Å²) < 4.78 is 17.8. The van der Waals surface area contributed by atoms with E-state index in [2.05, 4.69) is 0 Å². The lowest BCUT2D eigenvalue weighted by Crippen LogP contribution is -2.50. The lowest BCUT2D eigenvalue weighted by Gasteiger charge is -2.38. The van der Waals surface area contributed by atoms with Crippen molar-refractivity contribution in [3.05, 3.63) is 54.1 Å². The van der Waals surface area contributed by atoms with Gasteiger partial charge in [-0.2, -0.15) is 0 Å². The van der Waals surface area contributed by atoms with Crippen molar-refractivity contribution in [1.29, 1.82) is 0 Å². The number of rotatable bonds is 8. The third-order valence-electron chi connectivity index (χ3n) is 5.67. The van der Waals surface area contributed by atoms with E-state index in [0.29, 0.717) is 31.3 Å². The fourth-order valence-electron chi connectivity index (χ4n) is 4.23. The molecule has 3 aromatic rings. The second-order valence-electron chi connectivity index (χ2n) is 7.55. The van der Waals surface area contributed by atoms with Gasteiger partial charge in [-0.25, -0.2) is 4.98 Å². The number of imidazole rings is 1. The summed E-state index contributed by atoms with van der Waals surface area (Å²) in [4.78, 5) is 33.1. The fourth-order valence-corrected chi connectivity index (χ4v) is 4.23. The number of carbonyl (C=O) groups is 2. The maximum atomic E-state index is 13.7. The molecule has 0 saturated heterocycles. The average Bonchev–Trinajstić information content (AvgIpc) is 3.19. The van der Waals surface area contributed by atoms with E-state index in [9.17, 15) is 9.59 Å². The van der Waals surface area contributed by atoms with Gasteiger partial charge in [0.05, 0.1) is 30.8 Å². The van der Waals surface area contributed by atoms with Crippen molar-refractivity contribution < 1.29 is 23.8 Å². The first-order valence-electron chi connectivity index (χ1n) is 10.7. The molecule has 0 fully saturated rings. The van der Waals surface area contributed by atoms with Crippen LogP contribution < -0.4 is 9.64 Å². The molecule has 1 amide bonds. The highest BCUT2D eigenvalue weighted by atomic mass is 16.5. The van der Waals surface area contributed by atoms with Crippen LogP contribution in [0.1, 0.15) is 24.9 Å². The standard InChI is InChI=1S/C24H27N3O5/c1-4-32-23(29)20-21(16-10-12-17(31-3)13-11-16)27-19-9-6-5-8-18(19)25-24(27)26(22(20)28)14-7-15-30-2/h5-6,8-13,20-21H,4,7,14-15H2,1-3H3/t20-,21+/m0/s1. The number of amides is 1. The number of carbonyl (C=O) groups excluding carboxylic acids is 2. The normalized spacial score (nSPS) is 18.0. The first-order valence-corrected chi connectivity index (χ1v) is 10.7. The number of anilines is 1. The third-order valence-corrected chi connectivity index (χ3v) is 5.67. The molecule has 8 nitrogen and oxygen atoms in total. The van der Waals surface area contributed by atoms with Gasteiger partial charge in [0, 0.05) is 20.3 Å². The summed E-state index contributed by atoms with van der Waals surface area (Å²) in [6, 6.07) is 14.5. The fraction of sp³-hybridized carbons (Fsp3) is 0.375. The van der Waals surface area contributed by atoms with Gasteiger partial charge in [-0.1, -0.05) is 24.3 Å². The zero-order valence-electron chi connectivity index (χ0n) is 18.5. The van der Waals surface area contributed by atoms with E-state index >= 15 is 0 Å². The number of hydrogen-bond acceptors (Lipinski definition) is 6. The number of fused-ring (bicyclic) bond motifs is 3. The van der Waals surface area contributed by atoms with Gasteiger partial charge >= 0.3 is 5.97 Å². The highest BCUT2D eigenvalue weighted by Gasteiger charge is 2.47. The highest BCUT2D eigenvalue weighted by Crippen LogP contribution is 2.41. The van der Waals surface area contributed by atoms with Crippen LogP contribution in [-0.4, -0.2) is 55.4 Å². The SMILES string of the molecule is CCOC(=O)[C@@H]1C(=O)N(CCCOC)c2nc3ccccc3n2[C@@H]1c1ccc(OC)cc1. The Bertz CT molecular complexity index is 1110. The Kier molecular flexibility index (Phi) is 6.41. The maximum absolute atomic E-state index is 13.7. The number of nitrogens with zero attached hydrogens (tertiary/aromatic N) is 3. The molecule has 0 unspecified atom stereocenters. The van der Waals surface area contributed by atoms with Crippen molar-refractivity contribution in [3.8, 4) is 5.75 Å². The predicted octanol–water partition coefficient (Wildman–Crippen LogP) is 3.20. The number of hydrogen-bond donors (Lipinski definition) is 0. The number of benzene rings is 2. The van der Waals surface area contributed by atoms with Gasteiger partial charge in [-0.15, -0.1) is 0 Å². The van der Waals surface area contributed by atoms with Crippen LogP contribution in [0.3, 0.4) is 0 Å². The molecule has 0 bridgehead atoms. The van der Waals surface area contributed by atoms with Crippen LogP contribution in [0.5, 0.6) is 5.75 Å². The Morgan fingerprint density at radius 2 is 1.84 bits per heavy atom. The molecular weight excluding hydrogens is 410 g/mol. The molecule has 1 aliphatic heterocycles. The van der Waals surface area contributed by atoms with Crippen LogP contribution in [0.2, 0.25) is 0 Å². The number of aromatic nitrogens is 2. The Morgan fingerprint density at radius 3 is 2.53 bits per heavy atom. The molecular formula is C24H27N3O5. The zero-order chi connectivity index (χ0) is 22.7. The van der Waals surface area contributed by atoms with Crippen LogP contribution in [-0.2, 0) is 19.1 Å². The summed E-state index contributed by atoms with van der Waals surface area (Å²) in [6.07, 6.45) is 0.619. The van der Waals surface area contributed by atoms with Gasteiger partial charge in [0.1, 0.15) is 5.75 Å². The molecule has 4 rings (SSSR count). The van der Waals surface area contributed by atoms with Crippen molar-refractivity contribution in [2.24, 2.45) is 5.92 Å². The Morgan fingerprint density at radius 1 is 1.09 bits per heavy atom. The maximum Gasteiger partial charge on any atom is 0.321 e. The minimum atomic E-state index is -1.03. The molecule has 0 aliphatic carbocycles. The van der Waals surface area contributed by atoms with Crippen LogP contribution >= 0.6 is 0 Å². The third kappa shape index (κ3) is 3.82. The molecule has 2 atom stereocenters. The predicted molar refractivity (Wildman–Crippen MR) is 120 cm³/mol. The molecule has 2 aromatic carbocycles. The lowest BCUT2D eigenvalue weighted by atomic mass is 9.89. The lowest BCUT2D eigenvalue weighted by molar-refractivity contribution is -0.153. The number of ether oxygens (including phenoxy) is 3. The van der Waals surface area contributed by atoms with Crippen LogP contribution in [0, 0.1) is 5.92 Å². The van der Waals surface area contributed by atoms with E-state index in [-0.39, 0.29) is 12.5 Å². The molecule has 32 heavy (non-hydrogen) atoms. The Labute approximate surface area is 186 Å². The Hall–Kier alpha value is -3.39. The summed E-state index contributed by atoms with van der Waals surface area (Å²) in [5.41, 5.74) is 2.41. The first kappa shape index (κ1) is 21.8. The highest BCUT2D eigenvalue weighted by molar-refractivity contribution is 6.08. The molecule has 168 valence electrons. The van der Waals surface area contributed by atoms with Gasteiger partial charge in [-0.3, -0.25) is 14.5 Å². The molecule has 0 N–H and O–H groups in total. The van der Waals surface area contributed by atoms with Crippen molar-refractivity contribution in [2.45, 2.75) is 19.4 Å². The summed E-state index contributed by atoms with van der Waals surface area (Å²) in [7, 11) is 3.22. The molecule has 1 aromatic heterocycles. The van der Waals surface area contributed by atoms with Crippen molar-refractivity contribution in [1.82, 2.24) is 9.55 Å². The minimum Gasteiger partial charge on any atom is -0.497 e. The first-order chi connectivity index (χ1) is 15.6. The van der Waals surface area contributed by atoms with Gasteiger partial charge in [0.2, 0.25) is 11.9 Å². The van der Waals surface area contributed by atoms with E-state index in [1.807, 2.05) is 53.1 Å². The molecule has 2 heterocycles. The van der Waals surface area contributed by atoms with Gasteiger partial charge in [0.15, 0.2) is 5.92 Å². The van der Waals surface area contributed by atoms with Crippen LogP contribution in [0.15, 0.2) is 48.5 Å². The van der Waals surface area contributed by atoms with Gasteiger partial charge in [-0.05, 0) is 43.2 Å². The molecule has 0 spiro atoms. The summed E-state index contributed by atoms with van der Waals surface area (Å²) in [5.74, 6) is -0.674. The Balaban J connectivity index is 1.92. The number of esters is 1. The average molecular weight is 437 g/mol. The number of methoxy groups -OCH3 is 2. The van der Waals surface area contributed by atoms with Crippen molar-refractivity contribution >= 4 is 28.9 Å². The van der Waals surface area contributed by atoms with Crippen LogP contribution in [0.25, 0.3) is 11.0 Å². The molecule has 8 heteroatoms. The minimum absolute atomic E-state index is 0.194. The van der Waals surface area contributed by atoms with Gasteiger partial charge < -0.3 is 18.8 Å². The van der Waals surface area contributed by atoms with Gasteiger partial charge in [0.25, 0.3) is 0 Å². The van der Waals surface area contributed by atoms with Crippen molar-refractivity contribution in [3.63, 3.8) is 0 Å². The second-order valence-corrected chi connectivity index (χ2v) is 7.55. The monoisotopic (exact) mass is 437 g/mol. The summed E-state index contributed by atoms with van der Waals surface area (Å²) >= 11 is 0. The largest absolute Gasteiger partial charge is 0.497 e. The molecule has 1 aliphatic rings. The molecule has 0 saturated carbocycles. The number of para-hydroxylation sites is 2. The second kappa shape index (κ2) is 9.40. The zero-order valence-corrected chi connectivity index (χ0v) is 18.5. The van der Waals surface area contributed by atoms with E-state index in [1.165, 1.54) is 0 Å². The topological polar surface area (TPSA) is 82.9 Å². The molecule has 0 radical (unpaired) electrons. The van der Waals surface area contributed by atoms with E-state index in [4.69, 9.17) is 19.2 Å². The van der Waals surface area contributed by atoms with E-state index in [1.54, 1.807) is 26.0 Å². The van der Waals surface area contributed by atoms with E-state index < -0.39 is 17.9 Å². The van der Waals surface area contributed by atoms with Crippen molar-refractivity contribution in [2.75, 3.05) is 38.9 Å². The van der Waals surface area contributed by atoms with Crippen LogP contribution in [0.4, 0.5) is 5.95 Å². The smallest absolute Gasteiger partial charge is 0.321 e. The van der Waals surface area contributed by atoms with E-state index in [0.717, 1.165) is 16.6 Å². The summed E-state index contributed by atoms with van der Waals surface area (Å²) in [5, 5.41) is 0.